The van der Waals surface area contributed by atoms with Crippen LogP contribution in [0, 0.1) is 12.7 Å². The first-order valence-electron chi connectivity index (χ1n) is 8.09. The fourth-order valence-corrected chi connectivity index (χ4v) is 2.62. The van der Waals surface area contributed by atoms with E-state index in [1.807, 2.05) is 0 Å². The Kier molecular flexibility index (Phi) is 4.58. The Morgan fingerprint density at radius 3 is 2.93 bits per heavy atom. The van der Waals surface area contributed by atoms with E-state index >= 15 is 0 Å². The van der Waals surface area contributed by atoms with Gasteiger partial charge < -0.3 is 9.84 Å². The molecule has 0 saturated carbocycles. The van der Waals surface area contributed by atoms with Gasteiger partial charge in [-0.2, -0.15) is 4.98 Å². The lowest BCUT2D eigenvalue weighted by Crippen LogP contribution is -2.13. The van der Waals surface area contributed by atoms with E-state index in [0.29, 0.717) is 27.7 Å². The van der Waals surface area contributed by atoms with E-state index in [4.69, 9.17) is 16.1 Å². The maximum Gasteiger partial charge on any atom is 0.316 e. The molecule has 1 amide bonds. The Hall–Kier alpha value is -3.59. The molecule has 0 saturated heterocycles. The first kappa shape index (κ1) is 17.8. The van der Waals surface area contributed by atoms with Crippen molar-refractivity contribution in [2.24, 2.45) is 0 Å². The number of aryl methyl sites for hydroxylation is 1. The molecule has 1 N–H and O–H groups in total. The van der Waals surface area contributed by atoms with Crippen molar-refractivity contribution in [2.45, 2.75) is 6.92 Å². The first-order valence-corrected chi connectivity index (χ1v) is 8.47. The van der Waals surface area contributed by atoms with Crippen LogP contribution in [-0.4, -0.2) is 31.0 Å². The zero-order valence-electron chi connectivity index (χ0n) is 14.4. The monoisotopic (exact) mass is 398 g/mol. The zero-order valence-corrected chi connectivity index (χ0v) is 15.2. The summed E-state index contributed by atoms with van der Waals surface area (Å²) in [6.07, 6.45) is 1.58. The van der Waals surface area contributed by atoms with E-state index in [1.54, 1.807) is 43.5 Å². The third kappa shape index (κ3) is 3.60. The van der Waals surface area contributed by atoms with Gasteiger partial charge >= 0.3 is 11.8 Å². The fraction of sp³-hybridized carbons (Fsp3) is 0.0556. The number of carbonyl (C=O) groups is 1. The number of aromatic nitrogens is 5. The van der Waals surface area contributed by atoms with E-state index < -0.39 is 11.7 Å². The average Bonchev–Trinajstić information content (AvgIpc) is 3.34. The molecule has 8 nitrogen and oxygen atoms in total. The van der Waals surface area contributed by atoms with Crippen molar-refractivity contribution >= 4 is 23.2 Å². The van der Waals surface area contributed by atoms with Gasteiger partial charge in [0, 0.05) is 10.7 Å². The summed E-state index contributed by atoms with van der Waals surface area (Å²) in [5, 5.41) is 14.8. The fourth-order valence-electron chi connectivity index (χ4n) is 2.44. The number of halogens is 2. The molecule has 0 aliphatic carbocycles. The van der Waals surface area contributed by atoms with Crippen molar-refractivity contribution in [3.05, 3.63) is 71.0 Å². The molecule has 140 valence electrons. The molecule has 0 radical (unpaired) electrons. The van der Waals surface area contributed by atoms with Crippen LogP contribution in [-0.2, 0) is 0 Å². The maximum absolute atomic E-state index is 13.4. The van der Waals surface area contributed by atoms with Gasteiger partial charge in [-0.3, -0.25) is 4.79 Å². The topological polar surface area (TPSA) is 98.7 Å². The van der Waals surface area contributed by atoms with Gasteiger partial charge in [0.25, 0.3) is 0 Å². The van der Waals surface area contributed by atoms with Gasteiger partial charge in [-0.15, -0.1) is 5.10 Å². The summed E-state index contributed by atoms with van der Waals surface area (Å²) >= 11 is 5.97. The summed E-state index contributed by atoms with van der Waals surface area (Å²) in [6.45, 7) is 1.74. The number of amides is 1. The number of nitrogens with zero attached hydrogens (tertiary/aromatic N) is 5. The number of hydrogen-bond donors (Lipinski definition) is 1. The number of anilines is 1. The molecule has 28 heavy (non-hydrogen) atoms. The normalized spacial score (nSPS) is 10.8. The van der Waals surface area contributed by atoms with Gasteiger partial charge in [-0.05, 0) is 42.8 Å². The highest BCUT2D eigenvalue weighted by molar-refractivity contribution is 6.30. The highest BCUT2D eigenvalue weighted by Crippen LogP contribution is 2.19. The Morgan fingerprint density at radius 1 is 1.25 bits per heavy atom. The van der Waals surface area contributed by atoms with Crippen LogP contribution in [0.2, 0.25) is 5.02 Å². The van der Waals surface area contributed by atoms with E-state index in [9.17, 15) is 9.18 Å². The zero-order chi connectivity index (χ0) is 19.7. The number of carbonyl (C=O) groups excluding carboxylic acids is 1. The van der Waals surface area contributed by atoms with E-state index in [1.165, 1.54) is 16.8 Å². The molecule has 0 unspecified atom stereocenters. The van der Waals surface area contributed by atoms with Crippen molar-refractivity contribution in [2.75, 3.05) is 5.32 Å². The second-order valence-electron chi connectivity index (χ2n) is 5.86. The lowest BCUT2D eigenvalue weighted by atomic mass is 10.2. The summed E-state index contributed by atoms with van der Waals surface area (Å²) in [5.74, 6) is -1.32. The van der Waals surface area contributed by atoms with E-state index in [2.05, 4.69) is 25.8 Å². The van der Waals surface area contributed by atoms with Gasteiger partial charge in [-0.1, -0.05) is 34.1 Å². The number of benzene rings is 2. The van der Waals surface area contributed by atoms with Crippen LogP contribution in [0.4, 0.5) is 10.1 Å². The van der Waals surface area contributed by atoms with Crippen LogP contribution in [0.1, 0.15) is 16.2 Å². The molecule has 2 aromatic carbocycles. The molecular formula is C18H12ClFN6O2. The summed E-state index contributed by atoms with van der Waals surface area (Å²) in [5.41, 5.74) is 2.02. The summed E-state index contributed by atoms with van der Waals surface area (Å²) in [4.78, 5) is 16.3. The van der Waals surface area contributed by atoms with E-state index in [-0.39, 0.29) is 11.7 Å². The second kappa shape index (κ2) is 7.20. The average molecular weight is 399 g/mol. The van der Waals surface area contributed by atoms with Gasteiger partial charge in [0.1, 0.15) is 5.82 Å². The molecule has 2 aromatic heterocycles. The van der Waals surface area contributed by atoms with Crippen molar-refractivity contribution in [1.29, 1.82) is 0 Å². The first-order chi connectivity index (χ1) is 13.5. The number of rotatable bonds is 4. The van der Waals surface area contributed by atoms with E-state index in [0.717, 1.165) is 0 Å². The lowest BCUT2D eigenvalue weighted by Gasteiger charge is -2.05. The van der Waals surface area contributed by atoms with Crippen molar-refractivity contribution in [3.8, 4) is 17.2 Å². The third-order valence-corrected chi connectivity index (χ3v) is 4.10. The van der Waals surface area contributed by atoms with Gasteiger partial charge in [0.2, 0.25) is 5.82 Å². The Labute approximate surface area is 162 Å². The smallest absolute Gasteiger partial charge is 0.316 e. The Morgan fingerprint density at radius 2 is 2.11 bits per heavy atom. The predicted octanol–water partition coefficient (Wildman–Crippen LogP) is 3.67. The molecule has 0 spiro atoms. The lowest BCUT2D eigenvalue weighted by molar-refractivity contribution is 0.0981. The van der Waals surface area contributed by atoms with Crippen LogP contribution in [0.25, 0.3) is 17.2 Å². The second-order valence-corrected chi connectivity index (χ2v) is 6.30. The molecule has 0 fully saturated rings. The number of nitrogens with one attached hydrogen (secondary N) is 1. The third-order valence-electron chi connectivity index (χ3n) is 3.86. The Bertz CT molecular complexity index is 1170. The minimum Gasteiger partial charge on any atom is -0.328 e. The molecule has 4 aromatic rings. The van der Waals surface area contributed by atoms with Gasteiger partial charge in [0.05, 0.1) is 11.9 Å². The molecule has 2 heterocycles. The SMILES string of the molecule is Cc1ccc(F)cc1NC(=O)c1nc(-c2cn(-c3cccc(Cl)c3)nn2)no1. The van der Waals surface area contributed by atoms with Crippen molar-refractivity contribution in [1.82, 2.24) is 25.1 Å². The highest BCUT2D eigenvalue weighted by Gasteiger charge is 2.19. The van der Waals surface area contributed by atoms with Crippen LogP contribution in [0.3, 0.4) is 0 Å². The number of hydrogen-bond acceptors (Lipinski definition) is 6. The standard InChI is InChI=1S/C18H12ClFN6O2/c1-10-5-6-12(20)8-14(10)21-17(27)18-22-16(24-28-18)15-9-26(25-23-15)13-4-2-3-11(19)7-13/h2-9H,1H3,(H,21,27). The van der Waals surface area contributed by atoms with Crippen LogP contribution in [0.5, 0.6) is 0 Å². The van der Waals surface area contributed by atoms with Crippen LogP contribution >= 0.6 is 11.6 Å². The maximum atomic E-state index is 13.4. The summed E-state index contributed by atoms with van der Waals surface area (Å²) < 4.78 is 19.8. The predicted molar refractivity (Wildman–Crippen MR) is 98.8 cm³/mol. The molecule has 0 atom stereocenters. The quantitative estimate of drug-likeness (QED) is 0.563. The van der Waals surface area contributed by atoms with Crippen molar-refractivity contribution in [3.63, 3.8) is 0 Å². The van der Waals surface area contributed by atoms with Gasteiger partial charge in [-0.25, -0.2) is 9.07 Å². The van der Waals surface area contributed by atoms with Crippen LogP contribution in [0.15, 0.2) is 53.2 Å². The molecule has 10 heteroatoms. The molecule has 0 aliphatic rings. The summed E-state index contributed by atoms with van der Waals surface area (Å²) in [7, 11) is 0. The van der Waals surface area contributed by atoms with Gasteiger partial charge in [0.15, 0.2) is 5.69 Å². The van der Waals surface area contributed by atoms with Crippen LogP contribution < -0.4 is 5.32 Å². The summed E-state index contributed by atoms with van der Waals surface area (Å²) in [6, 6.07) is 11.1. The molecule has 0 bridgehead atoms. The highest BCUT2D eigenvalue weighted by atomic mass is 35.5. The van der Waals surface area contributed by atoms with Crippen molar-refractivity contribution < 1.29 is 13.7 Å². The molecule has 4 rings (SSSR count). The Balaban J connectivity index is 1.54. The minimum atomic E-state index is -0.658. The molecule has 0 aliphatic heterocycles. The largest absolute Gasteiger partial charge is 0.328 e. The minimum absolute atomic E-state index is 0.0920. The molecular weight excluding hydrogens is 387 g/mol.